The van der Waals surface area contributed by atoms with E-state index < -0.39 is 6.04 Å². The number of carbonyl (C=O) groups is 2. The summed E-state index contributed by atoms with van der Waals surface area (Å²) in [5.41, 5.74) is 1.58. The number of carbonyl (C=O) groups excluding carboxylic acids is 2. The lowest BCUT2D eigenvalue weighted by Gasteiger charge is -2.25. The van der Waals surface area contributed by atoms with Gasteiger partial charge in [-0.2, -0.15) is 0 Å². The Morgan fingerprint density at radius 3 is 2.73 bits per heavy atom. The Labute approximate surface area is 128 Å². The van der Waals surface area contributed by atoms with Crippen molar-refractivity contribution in [1.82, 2.24) is 14.9 Å². The third kappa shape index (κ3) is 2.56. The molecule has 1 fully saturated rings. The highest BCUT2D eigenvalue weighted by Crippen LogP contribution is 2.28. The lowest BCUT2D eigenvalue weighted by Crippen LogP contribution is -2.38. The molecule has 0 saturated carbocycles. The van der Waals surface area contributed by atoms with Gasteiger partial charge in [0.25, 0.3) is 0 Å². The first-order valence-corrected chi connectivity index (χ1v) is 7.44. The molecule has 1 atom stereocenters. The molecule has 2 N–H and O–H groups in total. The van der Waals surface area contributed by atoms with Gasteiger partial charge in [-0.25, -0.2) is 4.98 Å². The molecule has 2 amide bonds. The van der Waals surface area contributed by atoms with Crippen LogP contribution < -0.4 is 10.6 Å². The summed E-state index contributed by atoms with van der Waals surface area (Å²) in [4.78, 5) is 28.1. The zero-order valence-corrected chi connectivity index (χ0v) is 13.0. The smallest absolute Gasteiger partial charge is 0.249 e. The van der Waals surface area contributed by atoms with Crippen LogP contribution in [0.5, 0.6) is 0 Å². The predicted octanol–water partition coefficient (Wildman–Crippen LogP) is 2.01. The standard InChI is InChI=1S/C16H20N4O2/c1-16(2,3)20-12-7-5-4-6-10(12)18-15(20)19-14(22)11-8-9-13(21)17-11/h4-7,11H,8-9H2,1-3H3,(H,17,21)(H,18,19,22)/t11-/m1/s1. The number of aromatic nitrogens is 2. The zero-order chi connectivity index (χ0) is 15.9. The summed E-state index contributed by atoms with van der Waals surface area (Å²) < 4.78 is 2.01. The van der Waals surface area contributed by atoms with Crippen molar-refractivity contribution in [2.75, 3.05) is 5.32 Å². The number of imidazole rings is 1. The Morgan fingerprint density at radius 1 is 1.36 bits per heavy atom. The number of rotatable bonds is 2. The monoisotopic (exact) mass is 300 g/mol. The molecule has 2 heterocycles. The maximum Gasteiger partial charge on any atom is 0.249 e. The summed E-state index contributed by atoms with van der Waals surface area (Å²) >= 11 is 0. The number of nitrogens with one attached hydrogen (secondary N) is 2. The first kappa shape index (κ1) is 14.6. The fourth-order valence-electron chi connectivity index (χ4n) is 2.80. The molecule has 0 aliphatic carbocycles. The molecule has 0 bridgehead atoms. The molecule has 1 aliphatic heterocycles. The van der Waals surface area contributed by atoms with Crippen molar-refractivity contribution >= 4 is 28.8 Å². The normalized spacial score (nSPS) is 18.5. The van der Waals surface area contributed by atoms with Crippen molar-refractivity contribution < 1.29 is 9.59 Å². The van der Waals surface area contributed by atoms with E-state index in [0.717, 1.165) is 11.0 Å². The highest BCUT2D eigenvalue weighted by atomic mass is 16.2. The number of hydrogen-bond donors (Lipinski definition) is 2. The Morgan fingerprint density at radius 2 is 2.09 bits per heavy atom. The Bertz CT molecular complexity index is 742. The average Bonchev–Trinajstić information content (AvgIpc) is 3.00. The molecule has 2 aromatic rings. The van der Waals surface area contributed by atoms with Gasteiger partial charge < -0.3 is 9.88 Å². The van der Waals surface area contributed by atoms with Crippen LogP contribution in [0, 0.1) is 0 Å². The van der Waals surface area contributed by atoms with Crippen molar-refractivity contribution in [1.29, 1.82) is 0 Å². The molecule has 1 aromatic carbocycles. The predicted molar refractivity (Wildman–Crippen MR) is 84.5 cm³/mol. The molecular formula is C16H20N4O2. The van der Waals surface area contributed by atoms with Gasteiger partial charge in [0, 0.05) is 12.0 Å². The molecule has 116 valence electrons. The molecule has 6 heteroatoms. The van der Waals surface area contributed by atoms with Gasteiger partial charge in [-0.3, -0.25) is 14.9 Å². The van der Waals surface area contributed by atoms with Gasteiger partial charge in [-0.15, -0.1) is 0 Å². The molecule has 1 aliphatic rings. The first-order chi connectivity index (χ1) is 10.4. The average molecular weight is 300 g/mol. The van der Waals surface area contributed by atoms with E-state index in [2.05, 4.69) is 36.4 Å². The van der Waals surface area contributed by atoms with Crippen LogP contribution in [-0.4, -0.2) is 27.4 Å². The van der Waals surface area contributed by atoms with Gasteiger partial charge in [-0.05, 0) is 39.3 Å². The molecule has 22 heavy (non-hydrogen) atoms. The van der Waals surface area contributed by atoms with E-state index in [-0.39, 0.29) is 17.4 Å². The van der Waals surface area contributed by atoms with Crippen LogP contribution in [0.3, 0.4) is 0 Å². The fourth-order valence-corrected chi connectivity index (χ4v) is 2.80. The van der Waals surface area contributed by atoms with E-state index >= 15 is 0 Å². The summed E-state index contributed by atoms with van der Waals surface area (Å²) in [6.45, 7) is 6.19. The zero-order valence-electron chi connectivity index (χ0n) is 13.0. The van der Waals surface area contributed by atoms with E-state index in [1.165, 1.54) is 0 Å². The number of amides is 2. The van der Waals surface area contributed by atoms with Crippen LogP contribution in [0.15, 0.2) is 24.3 Å². The van der Waals surface area contributed by atoms with Crippen LogP contribution in [0.1, 0.15) is 33.6 Å². The summed E-state index contributed by atoms with van der Waals surface area (Å²) in [5, 5.41) is 5.55. The minimum atomic E-state index is -0.472. The van der Waals surface area contributed by atoms with Crippen molar-refractivity contribution in [3.63, 3.8) is 0 Å². The van der Waals surface area contributed by atoms with Gasteiger partial charge in [0.2, 0.25) is 17.8 Å². The highest BCUT2D eigenvalue weighted by Gasteiger charge is 2.29. The number of anilines is 1. The van der Waals surface area contributed by atoms with Gasteiger partial charge in [0.1, 0.15) is 6.04 Å². The van der Waals surface area contributed by atoms with Gasteiger partial charge in [0.15, 0.2) is 0 Å². The Kier molecular flexibility index (Phi) is 3.39. The van der Waals surface area contributed by atoms with Gasteiger partial charge >= 0.3 is 0 Å². The number of para-hydroxylation sites is 2. The number of nitrogens with zero attached hydrogens (tertiary/aromatic N) is 2. The van der Waals surface area contributed by atoms with Crippen molar-refractivity contribution in [2.45, 2.75) is 45.2 Å². The molecule has 3 rings (SSSR count). The summed E-state index contributed by atoms with van der Waals surface area (Å²) in [6, 6.07) is 7.31. The molecule has 0 spiro atoms. The maximum atomic E-state index is 12.3. The minimum absolute atomic E-state index is 0.0792. The lowest BCUT2D eigenvalue weighted by molar-refractivity contribution is -0.122. The second-order valence-corrected chi connectivity index (χ2v) is 6.58. The van der Waals surface area contributed by atoms with E-state index in [0.29, 0.717) is 18.8 Å². The Balaban J connectivity index is 1.96. The van der Waals surface area contributed by atoms with Crippen molar-refractivity contribution in [2.24, 2.45) is 0 Å². The minimum Gasteiger partial charge on any atom is -0.344 e. The van der Waals surface area contributed by atoms with E-state index in [1.54, 1.807) is 0 Å². The lowest BCUT2D eigenvalue weighted by atomic mass is 10.1. The van der Waals surface area contributed by atoms with E-state index in [9.17, 15) is 9.59 Å². The molecule has 1 aromatic heterocycles. The Hall–Kier alpha value is -2.37. The van der Waals surface area contributed by atoms with Gasteiger partial charge in [-0.1, -0.05) is 12.1 Å². The quantitative estimate of drug-likeness (QED) is 0.890. The summed E-state index contributed by atoms with van der Waals surface area (Å²) in [5.74, 6) is 0.218. The fraction of sp³-hybridized carbons (Fsp3) is 0.438. The largest absolute Gasteiger partial charge is 0.344 e. The number of fused-ring (bicyclic) bond motifs is 1. The SMILES string of the molecule is CC(C)(C)n1c(NC(=O)[C@H]2CCC(=O)N2)nc2ccccc21. The third-order valence-corrected chi connectivity index (χ3v) is 3.78. The molecule has 0 radical (unpaired) electrons. The van der Waals surface area contributed by atoms with E-state index in [4.69, 9.17) is 0 Å². The molecule has 6 nitrogen and oxygen atoms in total. The summed E-state index contributed by atoms with van der Waals surface area (Å²) in [7, 11) is 0. The van der Waals surface area contributed by atoms with Crippen LogP contribution >= 0.6 is 0 Å². The number of hydrogen-bond acceptors (Lipinski definition) is 3. The van der Waals surface area contributed by atoms with E-state index in [1.807, 2.05) is 28.8 Å². The van der Waals surface area contributed by atoms with Crippen LogP contribution in [-0.2, 0) is 15.1 Å². The van der Waals surface area contributed by atoms with Crippen LogP contribution in [0.2, 0.25) is 0 Å². The highest BCUT2D eigenvalue weighted by molar-refractivity contribution is 5.99. The first-order valence-electron chi connectivity index (χ1n) is 7.44. The van der Waals surface area contributed by atoms with Crippen molar-refractivity contribution in [3.8, 4) is 0 Å². The molecular weight excluding hydrogens is 280 g/mol. The summed E-state index contributed by atoms with van der Waals surface area (Å²) in [6.07, 6.45) is 0.925. The van der Waals surface area contributed by atoms with Gasteiger partial charge in [0.05, 0.1) is 11.0 Å². The van der Waals surface area contributed by atoms with Crippen LogP contribution in [0.25, 0.3) is 11.0 Å². The second kappa shape index (κ2) is 5.12. The van der Waals surface area contributed by atoms with Crippen molar-refractivity contribution in [3.05, 3.63) is 24.3 Å². The third-order valence-electron chi connectivity index (χ3n) is 3.78. The topological polar surface area (TPSA) is 76.0 Å². The van der Waals surface area contributed by atoms with Crippen LogP contribution in [0.4, 0.5) is 5.95 Å². The second-order valence-electron chi connectivity index (χ2n) is 6.58. The number of benzene rings is 1. The molecule has 0 unspecified atom stereocenters. The maximum absolute atomic E-state index is 12.3. The molecule has 1 saturated heterocycles.